The van der Waals surface area contributed by atoms with Gasteiger partial charge in [0, 0.05) is 26.2 Å². The number of ether oxygens (including phenoxy) is 1. The fourth-order valence-corrected chi connectivity index (χ4v) is 3.13. The minimum absolute atomic E-state index is 0.0377. The molecule has 0 unspecified atom stereocenters. The molecule has 1 N–H and O–H groups in total. The van der Waals surface area contributed by atoms with Crippen LogP contribution in [0.3, 0.4) is 0 Å². The number of aliphatic carboxylic acids is 1. The highest BCUT2D eigenvalue weighted by atomic mass is 16.5. The normalized spacial score (nSPS) is 19.0. The Hall–Kier alpha value is -1.96. The number of benzene rings is 1. The number of hydrogen-bond donors (Lipinski definition) is 1. The summed E-state index contributed by atoms with van der Waals surface area (Å²) in [5, 5.41) is 8.86. The third-order valence-corrected chi connectivity index (χ3v) is 4.66. The largest absolute Gasteiger partial charge is 0.480 e. The van der Waals surface area contributed by atoms with Crippen molar-refractivity contribution in [2.75, 3.05) is 46.9 Å². The molecule has 1 heterocycles. The first-order valence-electron chi connectivity index (χ1n) is 8.91. The van der Waals surface area contributed by atoms with E-state index in [9.17, 15) is 9.59 Å². The second-order valence-electron chi connectivity index (χ2n) is 6.94. The van der Waals surface area contributed by atoms with Crippen molar-refractivity contribution in [2.24, 2.45) is 0 Å². The van der Waals surface area contributed by atoms with Crippen LogP contribution in [-0.4, -0.2) is 90.7 Å². The van der Waals surface area contributed by atoms with E-state index in [0.29, 0.717) is 32.8 Å². The summed E-state index contributed by atoms with van der Waals surface area (Å²) in [6.07, 6.45) is -0.163. The number of rotatable bonds is 8. The van der Waals surface area contributed by atoms with Crippen molar-refractivity contribution in [3.05, 3.63) is 35.9 Å². The van der Waals surface area contributed by atoms with E-state index in [2.05, 4.69) is 12.1 Å². The zero-order chi connectivity index (χ0) is 19.1. The summed E-state index contributed by atoms with van der Waals surface area (Å²) in [5.41, 5.74) is 1.17. The molecular formula is C19H29N3O4. The lowest BCUT2D eigenvalue weighted by Gasteiger charge is -2.37. The highest BCUT2D eigenvalue weighted by Crippen LogP contribution is 2.12. The molecule has 1 aromatic carbocycles. The van der Waals surface area contributed by atoms with Crippen molar-refractivity contribution < 1.29 is 19.4 Å². The Balaban J connectivity index is 1.87. The number of carboxylic acids is 1. The van der Waals surface area contributed by atoms with Crippen molar-refractivity contribution in [3.63, 3.8) is 0 Å². The minimum atomic E-state index is -0.868. The second kappa shape index (κ2) is 9.66. The Morgan fingerprint density at radius 3 is 2.65 bits per heavy atom. The molecule has 1 fully saturated rings. The molecule has 1 aliphatic rings. The number of hydrogen-bond acceptors (Lipinski definition) is 5. The summed E-state index contributed by atoms with van der Waals surface area (Å²) in [6, 6.07) is 9.85. The fourth-order valence-electron chi connectivity index (χ4n) is 3.13. The van der Waals surface area contributed by atoms with E-state index in [-0.39, 0.29) is 24.6 Å². The van der Waals surface area contributed by atoms with Gasteiger partial charge < -0.3 is 14.7 Å². The van der Waals surface area contributed by atoms with Gasteiger partial charge in [-0.1, -0.05) is 30.3 Å². The molecule has 0 saturated carbocycles. The first-order valence-corrected chi connectivity index (χ1v) is 8.91. The van der Waals surface area contributed by atoms with Crippen LogP contribution in [0.2, 0.25) is 0 Å². The molecule has 2 atom stereocenters. The van der Waals surface area contributed by atoms with Crippen LogP contribution in [0.1, 0.15) is 12.5 Å². The van der Waals surface area contributed by atoms with Crippen LogP contribution in [0, 0.1) is 0 Å². The van der Waals surface area contributed by atoms with E-state index in [1.54, 1.807) is 11.9 Å². The maximum atomic E-state index is 12.9. The van der Waals surface area contributed by atoms with Gasteiger partial charge in [0.15, 0.2) is 0 Å². The average molecular weight is 363 g/mol. The zero-order valence-electron chi connectivity index (χ0n) is 15.8. The van der Waals surface area contributed by atoms with Crippen LogP contribution < -0.4 is 0 Å². The van der Waals surface area contributed by atoms with Gasteiger partial charge in [0.2, 0.25) is 5.91 Å². The van der Waals surface area contributed by atoms with E-state index in [0.717, 1.165) is 0 Å². The van der Waals surface area contributed by atoms with E-state index in [4.69, 9.17) is 9.84 Å². The van der Waals surface area contributed by atoms with Gasteiger partial charge in [-0.15, -0.1) is 0 Å². The second-order valence-corrected chi connectivity index (χ2v) is 6.94. The topological polar surface area (TPSA) is 73.3 Å². The zero-order valence-corrected chi connectivity index (χ0v) is 15.8. The fraction of sp³-hybridized carbons (Fsp3) is 0.579. The van der Waals surface area contributed by atoms with Crippen LogP contribution in [0.4, 0.5) is 0 Å². The molecule has 1 aliphatic heterocycles. The molecule has 0 bridgehead atoms. The molecule has 1 saturated heterocycles. The lowest BCUT2D eigenvalue weighted by Crippen LogP contribution is -2.54. The van der Waals surface area contributed by atoms with Crippen molar-refractivity contribution in [3.8, 4) is 0 Å². The molecule has 0 spiro atoms. The van der Waals surface area contributed by atoms with Gasteiger partial charge in [-0.3, -0.25) is 19.4 Å². The van der Waals surface area contributed by atoms with Gasteiger partial charge in [0.1, 0.15) is 0 Å². The molecule has 0 aliphatic carbocycles. The van der Waals surface area contributed by atoms with Gasteiger partial charge >= 0.3 is 5.97 Å². The van der Waals surface area contributed by atoms with Gasteiger partial charge in [0.25, 0.3) is 0 Å². The van der Waals surface area contributed by atoms with E-state index in [1.807, 2.05) is 42.0 Å². The predicted octanol–water partition coefficient (Wildman–Crippen LogP) is 0.751. The number of carbonyl (C=O) groups is 2. The maximum absolute atomic E-state index is 12.9. The summed E-state index contributed by atoms with van der Waals surface area (Å²) >= 11 is 0. The molecule has 1 amide bonds. The van der Waals surface area contributed by atoms with Crippen molar-refractivity contribution in [1.29, 1.82) is 0 Å². The smallest absolute Gasteiger partial charge is 0.317 e. The van der Waals surface area contributed by atoms with E-state index < -0.39 is 5.97 Å². The highest BCUT2D eigenvalue weighted by Gasteiger charge is 2.29. The monoisotopic (exact) mass is 363 g/mol. The molecule has 1 aromatic rings. The lowest BCUT2D eigenvalue weighted by atomic mass is 10.1. The number of likely N-dealkylation sites (N-methyl/N-ethyl adjacent to an activating group) is 2. The molecule has 7 nitrogen and oxygen atoms in total. The Morgan fingerprint density at radius 1 is 1.31 bits per heavy atom. The number of carbonyl (C=O) groups excluding carboxylic acids is 1. The number of carboxylic acid groups (broad SMARTS) is 1. The lowest BCUT2D eigenvalue weighted by molar-refractivity contribution is -0.145. The first-order chi connectivity index (χ1) is 12.4. The van der Waals surface area contributed by atoms with Crippen LogP contribution in [-0.2, 0) is 20.9 Å². The molecule has 26 heavy (non-hydrogen) atoms. The van der Waals surface area contributed by atoms with Crippen LogP contribution in [0.15, 0.2) is 30.3 Å². The van der Waals surface area contributed by atoms with E-state index >= 15 is 0 Å². The molecule has 2 rings (SSSR count). The molecule has 7 heteroatoms. The molecular weight excluding hydrogens is 334 g/mol. The van der Waals surface area contributed by atoms with Gasteiger partial charge in [-0.25, -0.2) is 0 Å². The standard InChI is InChI=1S/C19H29N3O4/c1-15(21(3)11-16-7-5-4-6-8-16)19(25)22-9-10-26-17(13-22)12-20(2)14-18(23)24/h4-8,15,17H,9-14H2,1-3H3,(H,23,24)/t15-,17+/m1/s1. The highest BCUT2D eigenvalue weighted by molar-refractivity contribution is 5.81. The molecule has 144 valence electrons. The Kier molecular flexibility index (Phi) is 7.56. The number of amides is 1. The molecule has 0 aromatic heterocycles. The summed E-state index contributed by atoms with van der Waals surface area (Å²) < 4.78 is 5.70. The SMILES string of the molecule is C[C@H](C(=O)N1CCO[C@@H](CN(C)CC(=O)O)C1)N(C)Cc1ccccc1. The Bertz CT molecular complexity index is 596. The van der Waals surface area contributed by atoms with Crippen LogP contribution >= 0.6 is 0 Å². The molecule has 0 radical (unpaired) electrons. The van der Waals surface area contributed by atoms with Crippen LogP contribution in [0.25, 0.3) is 0 Å². The van der Waals surface area contributed by atoms with Crippen LogP contribution in [0.5, 0.6) is 0 Å². The quantitative estimate of drug-likeness (QED) is 0.735. The number of morpholine rings is 1. The van der Waals surface area contributed by atoms with Crippen molar-refractivity contribution >= 4 is 11.9 Å². The third kappa shape index (κ3) is 6.09. The Morgan fingerprint density at radius 2 is 2.00 bits per heavy atom. The van der Waals surface area contributed by atoms with Gasteiger partial charge in [0.05, 0.1) is 25.3 Å². The predicted molar refractivity (Wildman–Crippen MR) is 98.8 cm³/mol. The van der Waals surface area contributed by atoms with Gasteiger partial charge in [-0.2, -0.15) is 0 Å². The summed E-state index contributed by atoms with van der Waals surface area (Å²) in [6.45, 7) is 4.63. The van der Waals surface area contributed by atoms with Crippen molar-refractivity contribution in [1.82, 2.24) is 14.7 Å². The number of nitrogens with zero attached hydrogens (tertiary/aromatic N) is 3. The minimum Gasteiger partial charge on any atom is -0.480 e. The Labute approximate surface area is 155 Å². The summed E-state index contributed by atoms with van der Waals surface area (Å²) in [4.78, 5) is 29.2. The van der Waals surface area contributed by atoms with Crippen molar-refractivity contribution in [2.45, 2.75) is 25.6 Å². The average Bonchev–Trinajstić information content (AvgIpc) is 2.60. The van der Waals surface area contributed by atoms with Gasteiger partial charge in [-0.05, 0) is 26.6 Å². The summed E-state index contributed by atoms with van der Waals surface area (Å²) in [7, 11) is 3.70. The maximum Gasteiger partial charge on any atom is 0.317 e. The van der Waals surface area contributed by atoms with E-state index in [1.165, 1.54) is 5.56 Å². The third-order valence-electron chi connectivity index (χ3n) is 4.66. The summed E-state index contributed by atoms with van der Waals surface area (Å²) in [5.74, 6) is -0.787. The first kappa shape index (κ1) is 20.4.